The molecule has 0 aliphatic rings. The third kappa shape index (κ3) is 4.61. The minimum Gasteiger partial charge on any atom is -0.481 e. The van der Waals surface area contributed by atoms with E-state index in [0.29, 0.717) is 5.92 Å². The molecule has 0 fully saturated rings. The minimum atomic E-state index is -0.789. The number of carboxylic acid groups (broad SMARTS) is 1. The number of thiophene rings is 1. The molecular formula is C14H17NO2S3. The number of hydrogen-bond acceptors (Lipinski definition) is 5. The summed E-state index contributed by atoms with van der Waals surface area (Å²) in [6, 6.07) is 3.84. The van der Waals surface area contributed by atoms with Crippen molar-refractivity contribution in [3.05, 3.63) is 27.4 Å². The first-order valence-corrected chi connectivity index (χ1v) is 9.22. The summed E-state index contributed by atoms with van der Waals surface area (Å²) in [6.45, 7) is 4.44. The van der Waals surface area contributed by atoms with Crippen molar-refractivity contribution in [2.75, 3.05) is 5.75 Å². The number of rotatable bonds is 7. The van der Waals surface area contributed by atoms with E-state index in [0.717, 1.165) is 32.0 Å². The SMILES string of the molecule is CC(C)CSCc1nc(-c2ccc(CC(=O)O)s2)cs1. The van der Waals surface area contributed by atoms with E-state index in [9.17, 15) is 4.79 Å². The lowest BCUT2D eigenvalue weighted by molar-refractivity contribution is -0.136. The average molecular weight is 327 g/mol. The van der Waals surface area contributed by atoms with Gasteiger partial charge in [0.05, 0.1) is 17.0 Å². The molecule has 0 aliphatic carbocycles. The molecule has 0 aliphatic heterocycles. The van der Waals surface area contributed by atoms with Crippen molar-refractivity contribution in [2.24, 2.45) is 5.92 Å². The van der Waals surface area contributed by atoms with Crippen LogP contribution in [0.4, 0.5) is 0 Å². The Labute approximate surface area is 131 Å². The highest BCUT2D eigenvalue weighted by atomic mass is 32.2. The fourth-order valence-electron chi connectivity index (χ4n) is 1.63. The van der Waals surface area contributed by atoms with E-state index < -0.39 is 5.97 Å². The number of nitrogens with zero attached hydrogens (tertiary/aromatic N) is 1. The molecule has 0 radical (unpaired) electrons. The van der Waals surface area contributed by atoms with Crippen LogP contribution in [0.2, 0.25) is 0 Å². The summed E-state index contributed by atoms with van der Waals surface area (Å²) >= 11 is 5.10. The number of carboxylic acids is 1. The van der Waals surface area contributed by atoms with Crippen LogP contribution in [0, 0.1) is 5.92 Å². The maximum atomic E-state index is 10.7. The van der Waals surface area contributed by atoms with Crippen LogP contribution < -0.4 is 0 Å². The van der Waals surface area contributed by atoms with Crippen LogP contribution in [0.5, 0.6) is 0 Å². The molecule has 2 heterocycles. The van der Waals surface area contributed by atoms with Crippen molar-refractivity contribution in [1.29, 1.82) is 0 Å². The second-order valence-corrected chi connectivity index (χ2v) is 8.01. The molecule has 0 saturated heterocycles. The maximum absolute atomic E-state index is 10.7. The first-order chi connectivity index (χ1) is 9.54. The average Bonchev–Trinajstić information content (AvgIpc) is 2.96. The van der Waals surface area contributed by atoms with Crippen LogP contribution in [-0.2, 0) is 17.0 Å². The smallest absolute Gasteiger partial charge is 0.308 e. The van der Waals surface area contributed by atoms with E-state index in [4.69, 9.17) is 5.11 Å². The van der Waals surface area contributed by atoms with Crippen LogP contribution in [0.3, 0.4) is 0 Å². The Balaban J connectivity index is 1.97. The van der Waals surface area contributed by atoms with E-state index in [-0.39, 0.29) is 6.42 Å². The molecule has 6 heteroatoms. The van der Waals surface area contributed by atoms with E-state index in [1.54, 1.807) is 11.3 Å². The van der Waals surface area contributed by atoms with Gasteiger partial charge in [-0.25, -0.2) is 4.98 Å². The van der Waals surface area contributed by atoms with Gasteiger partial charge in [-0.3, -0.25) is 4.79 Å². The molecule has 2 aromatic heterocycles. The summed E-state index contributed by atoms with van der Waals surface area (Å²) in [6.07, 6.45) is 0.0892. The third-order valence-electron chi connectivity index (χ3n) is 2.47. The lowest BCUT2D eigenvalue weighted by Gasteiger charge is -2.01. The van der Waals surface area contributed by atoms with Crippen molar-refractivity contribution in [3.8, 4) is 10.6 Å². The molecule has 3 nitrogen and oxygen atoms in total. The van der Waals surface area contributed by atoms with Gasteiger partial charge in [-0.1, -0.05) is 13.8 Å². The molecule has 1 N–H and O–H groups in total. The Morgan fingerprint density at radius 2 is 2.25 bits per heavy atom. The van der Waals surface area contributed by atoms with Gasteiger partial charge in [0.15, 0.2) is 0 Å². The van der Waals surface area contributed by atoms with Crippen LogP contribution in [0.15, 0.2) is 17.5 Å². The molecule has 2 aromatic rings. The Morgan fingerprint density at radius 1 is 1.45 bits per heavy atom. The molecule has 2 rings (SSSR count). The first-order valence-electron chi connectivity index (χ1n) is 6.37. The van der Waals surface area contributed by atoms with E-state index in [1.165, 1.54) is 11.3 Å². The first kappa shape index (κ1) is 15.5. The van der Waals surface area contributed by atoms with Gasteiger partial charge in [-0.2, -0.15) is 11.8 Å². The molecule has 20 heavy (non-hydrogen) atoms. The zero-order chi connectivity index (χ0) is 14.5. The number of carbonyl (C=O) groups is 1. The monoisotopic (exact) mass is 327 g/mol. The Morgan fingerprint density at radius 3 is 2.95 bits per heavy atom. The fourth-order valence-corrected chi connectivity index (χ4v) is 4.59. The number of hydrogen-bond donors (Lipinski definition) is 1. The molecule has 0 saturated carbocycles. The van der Waals surface area contributed by atoms with E-state index in [1.807, 2.05) is 23.9 Å². The van der Waals surface area contributed by atoms with Gasteiger partial charge in [0.2, 0.25) is 0 Å². The van der Waals surface area contributed by atoms with Gasteiger partial charge in [0, 0.05) is 16.0 Å². The number of thioether (sulfide) groups is 1. The van der Waals surface area contributed by atoms with Gasteiger partial charge in [0.1, 0.15) is 5.01 Å². The summed E-state index contributed by atoms with van der Waals surface area (Å²) in [5, 5.41) is 12.0. The van der Waals surface area contributed by atoms with Gasteiger partial charge in [-0.05, 0) is 23.8 Å². The lowest BCUT2D eigenvalue weighted by Crippen LogP contribution is -1.96. The van der Waals surface area contributed by atoms with Crippen molar-refractivity contribution >= 4 is 40.4 Å². The Bertz CT molecular complexity index is 574. The van der Waals surface area contributed by atoms with Gasteiger partial charge < -0.3 is 5.11 Å². The third-order valence-corrected chi connectivity index (χ3v) is 5.99. The second-order valence-electron chi connectivity index (χ2n) is 4.87. The van der Waals surface area contributed by atoms with Crippen LogP contribution in [0.25, 0.3) is 10.6 Å². The molecule has 108 valence electrons. The molecule has 0 spiro atoms. The molecular weight excluding hydrogens is 310 g/mol. The highest BCUT2D eigenvalue weighted by Crippen LogP contribution is 2.30. The topological polar surface area (TPSA) is 50.2 Å². The maximum Gasteiger partial charge on any atom is 0.308 e. The van der Waals surface area contributed by atoms with E-state index >= 15 is 0 Å². The molecule has 0 amide bonds. The minimum absolute atomic E-state index is 0.0892. The zero-order valence-corrected chi connectivity index (χ0v) is 13.9. The number of aliphatic carboxylic acids is 1. The normalized spacial score (nSPS) is 11.2. The second kappa shape index (κ2) is 7.24. The van der Waals surface area contributed by atoms with Crippen LogP contribution in [-0.4, -0.2) is 21.8 Å². The van der Waals surface area contributed by atoms with Crippen LogP contribution in [0.1, 0.15) is 23.7 Å². The predicted molar refractivity (Wildman–Crippen MR) is 87.8 cm³/mol. The zero-order valence-electron chi connectivity index (χ0n) is 11.5. The molecule has 0 aromatic carbocycles. The highest BCUT2D eigenvalue weighted by molar-refractivity contribution is 7.98. The van der Waals surface area contributed by atoms with Crippen molar-refractivity contribution < 1.29 is 9.90 Å². The number of aromatic nitrogens is 1. The Hall–Kier alpha value is -0.850. The van der Waals surface area contributed by atoms with Crippen molar-refractivity contribution in [2.45, 2.75) is 26.0 Å². The van der Waals surface area contributed by atoms with E-state index in [2.05, 4.69) is 24.2 Å². The molecule has 0 unspecified atom stereocenters. The summed E-state index contributed by atoms with van der Waals surface area (Å²) in [5.74, 6) is 2.02. The van der Waals surface area contributed by atoms with Gasteiger partial charge >= 0.3 is 5.97 Å². The van der Waals surface area contributed by atoms with Gasteiger partial charge in [0.25, 0.3) is 0 Å². The van der Waals surface area contributed by atoms with Crippen molar-refractivity contribution in [3.63, 3.8) is 0 Å². The van der Waals surface area contributed by atoms with Gasteiger partial charge in [-0.15, -0.1) is 22.7 Å². The van der Waals surface area contributed by atoms with Crippen LogP contribution >= 0.6 is 34.4 Å². The molecule has 0 bridgehead atoms. The lowest BCUT2D eigenvalue weighted by atomic mass is 10.3. The fraction of sp³-hybridized carbons (Fsp3) is 0.429. The summed E-state index contributed by atoms with van der Waals surface area (Å²) < 4.78 is 0. The largest absolute Gasteiger partial charge is 0.481 e. The Kier molecular flexibility index (Phi) is 5.63. The van der Waals surface area contributed by atoms with Crippen molar-refractivity contribution in [1.82, 2.24) is 4.98 Å². The number of thiazole rings is 1. The summed E-state index contributed by atoms with van der Waals surface area (Å²) in [5.41, 5.74) is 0.969. The summed E-state index contributed by atoms with van der Waals surface area (Å²) in [4.78, 5) is 17.2. The summed E-state index contributed by atoms with van der Waals surface area (Å²) in [7, 11) is 0. The predicted octanol–water partition coefficient (Wildman–Crippen LogP) is 4.39. The standard InChI is InChI=1S/C14H17NO2S3/c1-9(2)6-18-8-13-15-11(7-19-13)12-4-3-10(20-12)5-14(16)17/h3-4,7,9H,5-6,8H2,1-2H3,(H,16,17). The quantitative estimate of drug-likeness (QED) is 0.819. The molecule has 0 atom stereocenters. The highest BCUT2D eigenvalue weighted by Gasteiger charge is 2.09.